The van der Waals surface area contributed by atoms with Crippen molar-refractivity contribution in [3.63, 3.8) is 0 Å². The van der Waals surface area contributed by atoms with Crippen LogP contribution in [-0.4, -0.2) is 25.2 Å². The summed E-state index contributed by atoms with van der Waals surface area (Å²) in [5.74, 6) is -0.209. The Morgan fingerprint density at radius 3 is 2.71 bits per heavy atom. The number of thiophene rings is 1. The van der Waals surface area contributed by atoms with E-state index in [2.05, 4.69) is 14.9 Å². The summed E-state index contributed by atoms with van der Waals surface area (Å²) in [6.07, 6.45) is 0.180. The van der Waals surface area contributed by atoms with Gasteiger partial charge in [0.15, 0.2) is 0 Å². The van der Waals surface area contributed by atoms with E-state index >= 15 is 0 Å². The molecule has 24 heavy (non-hydrogen) atoms. The van der Waals surface area contributed by atoms with Crippen LogP contribution in [0.1, 0.15) is 5.89 Å². The lowest BCUT2D eigenvalue weighted by molar-refractivity contribution is 0.498. The topological polar surface area (TPSA) is 85.1 Å². The Bertz CT molecular complexity index is 956. The Kier molecular flexibility index (Phi) is 4.95. The van der Waals surface area contributed by atoms with E-state index in [1.54, 1.807) is 12.1 Å². The summed E-state index contributed by atoms with van der Waals surface area (Å²) in [5.41, 5.74) is 0.199. The molecule has 0 radical (unpaired) electrons. The number of benzene rings is 1. The molecule has 1 N–H and O–H groups in total. The highest BCUT2D eigenvalue weighted by Gasteiger charge is 2.17. The van der Waals surface area contributed by atoms with E-state index in [0.717, 1.165) is 11.3 Å². The average molecular weight is 388 g/mol. The normalized spacial score (nSPS) is 11.8. The monoisotopic (exact) mass is 387 g/mol. The van der Waals surface area contributed by atoms with Gasteiger partial charge in [-0.2, -0.15) is 0 Å². The third-order valence-electron chi connectivity index (χ3n) is 3.02. The van der Waals surface area contributed by atoms with Gasteiger partial charge in [-0.1, -0.05) is 23.7 Å². The molecule has 0 fully saturated rings. The van der Waals surface area contributed by atoms with E-state index in [1.165, 1.54) is 24.3 Å². The minimum absolute atomic E-state index is 0.0518. The van der Waals surface area contributed by atoms with Crippen LogP contribution in [-0.2, 0) is 16.4 Å². The number of rotatable bonds is 6. The molecule has 0 bridgehead atoms. The van der Waals surface area contributed by atoms with Crippen molar-refractivity contribution in [1.82, 2.24) is 14.9 Å². The van der Waals surface area contributed by atoms with Gasteiger partial charge in [0, 0.05) is 13.0 Å². The van der Waals surface area contributed by atoms with Crippen LogP contribution in [0.5, 0.6) is 0 Å². The third-order valence-corrected chi connectivity index (χ3v) is 6.20. The lowest BCUT2D eigenvalue weighted by Crippen LogP contribution is -2.25. The predicted octanol–water partition coefficient (Wildman–Crippen LogP) is 3.11. The maximum absolute atomic E-state index is 13.7. The Labute approximate surface area is 146 Å². The Hall–Kier alpha value is -1.81. The van der Waals surface area contributed by atoms with Gasteiger partial charge in [0.05, 0.1) is 9.90 Å². The Morgan fingerprint density at radius 1 is 1.21 bits per heavy atom. The van der Waals surface area contributed by atoms with E-state index in [1.807, 2.05) is 0 Å². The minimum atomic E-state index is -3.63. The Balaban J connectivity index is 1.63. The third kappa shape index (κ3) is 3.81. The molecule has 2 heterocycles. The molecule has 0 unspecified atom stereocenters. The molecule has 3 rings (SSSR count). The fraction of sp³-hybridized carbons (Fsp3) is 0.143. The van der Waals surface area contributed by atoms with E-state index < -0.39 is 15.8 Å². The number of nitrogens with one attached hydrogen (secondary N) is 1. The molecule has 2 aromatic heterocycles. The molecular formula is C14H11ClFN3O3S2. The molecule has 0 aliphatic carbocycles. The largest absolute Gasteiger partial charge is 0.421 e. The molecule has 0 amide bonds. The van der Waals surface area contributed by atoms with Crippen molar-refractivity contribution in [2.75, 3.05) is 6.54 Å². The van der Waals surface area contributed by atoms with E-state index in [9.17, 15) is 12.8 Å². The van der Waals surface area contributed by atoms with Gasteiger partial charge in [0.2, 0.25) is 15.9 Å². The van der Waals surface area contributed by atoms with E-state index in [4.69, 9.17) is 16.0 Å². The van der Waals surface area contributed by atoms with Crippen LogP contribution < -0.4 is 4.72 Å². The van der Waals surface area contributed by atoms with Crippen molar-refractivity contribution in [2.24, 2.45) is 0 Å². The molecule has 0 spiro atoms. The second-order valence-corrected chi connectivity index (χ2v) is 8.40. The van der Waals surface area contributed by atoms with E-state index in [0.29, 0.717) is 4.34 Å². The van der Waals surface area contributed by atoms with Crippen LogP contribution in [0.25, 0.3) is 11.5 Å². The second-order valence-electron chi connectivity index (χ2n) is 4.69. The highest BCUT2D eigenvalue weighted by molar-refractivity contribution is 7.91. The molecule has 0 atom stereocenters. The number of halogens is 2. The van der Waals surface area contributed by atoms with Crippen molar-refractivity contribution in [2.45, 2.75) is 10.6 Å². The summed E-state index contributed by atoms with van der Waals surface area (Å²) >= 11 is 6.70. The highest BCUT2D eigenvalue weighted by atomic mass is 35.5. The summed E-state index contributed by atoms with van der Waals surface area (Å²) in [7, 11) is -3.63. The lowest BCUT2D eigenvalue weighted by Gasteiger charge is -2.02. The Morgan fingerprint density at radius 2 is 2.00 bits per heavy atom. The summed E-state index contributed by atoms with van der Waals surface area (Å²) in [6.45, 7) is 0.0662. The first-order valence-electron chi connectivity index (χ1n) is 6.78. The zero-order chi connectivity index (χ0) is 17.2. The molecule has 0 aliphatic rings. The van der Waals surface area contributed by atoms with Gasteiger partial charge in [-0.05, 0) is 24.3 Å². The summed E-state index contributed by atoms with van der Waals surface area (Å²) in [4.78, 5) is 0. The molecule has 10 heteroatoms. The molecule has 0 saturated carbocycles. The van der Waals surface area contributed by atoms with Gasteiger partial charge >= 0.3 is 0 Å². The molecule has 1 aromatic carbocycles. The van der Waals surface area contributed by atoms with E-state index in [-0.39, 0.29) is 34.5 Å². The summed E-state index contributed by atoms with van der Waals surface area (Å²) < 4.78 is 46.0. The van der Waals surface area contributed by atoms with Crippen LogP contribution in [0, 0.1) is 5.82 Å². The first-order chi connectivity index (χ1) is 11.5. The van der Waals surface area contributed by atoms with Crippen molar-refractivity contribution >= 4 is 33.0 Å². The molecule has 126 valence electrons. The fourth-order valence-electron chi connectivity index (χ4n) is 1.90. The van der Waals surface area contributed by atoms with Crippen molar-refractivity contribution in [3.8, 4) is 11.5 Å². The summed E-state index contributed by atoms with van der Waals surface area (Å²) in [6, 6.07) is 8.97. The number of sulfonamides is 1. The van der Waals surface area contributed by atoms with Crippen LogP contribution in [0.4, 0.5) is 4.39 Å². The summed E-state index contributed by atoms with van der Waals surface area (Å²) in [5, 5.41) is 7.57. The van der Waals surface area contributed by atoms with Gasteiger partial charge in [0.1, 0.15) is 10.0 Å². The van der Waals surface area contributed by atoms with Gasteiger partial charge in [-0.3, -0.25) is 0 Å². The van der Waals surface area contributed by atoms with Gasteiger partial charge in [0.25, 0.3) is 5.89 Å². The average Bonchev–Trinajstić information content (AvgIpc) is 3.17. The second kappa shape index (κ2) is 6.98. The lowest BCUT2D eigenvalue weighted by atomic mass is 10.2. The zero-order valence-electron chi connectivity index (χ0n) is 12.1. The predicted molar refractivity (Wildman–Crippen MR) is 87.9 cm³/mol. The maximum Gasteiger partial charge on any atom is 0.250 e. The van der Waals surface area contributed by atoms with Crippen molar-refractivity contribution in [3.05, 3.63) is 52.4 Å². The SMILES string of the molecule is O=S(=O)(NCCc1nnc(-c2ccccc2F)o1)c1ccc(Cl)s1. The number of aromatic nitrogens is 2. The zero-order valence-corrected chi connectivity index (χ0v) is 14.5. The molecular weight excluding hydrogens is 377 g/mol. The smallest absolute Gasteiger partial charge is 0.250 e. The van der Waals surface area contributed by atoms with Gasteiger partial charge in [-0.15, -0.1) is 21.5 Å². The number of hydrogen-bond acceptors (Lipinski definition) is 6. The maximum atomic E-state index is 13.7. The van der Waals surface area contributed by atoms with Crippen LogP contribution in [0.3, 0.4) is 0 Å². The molecule has 0 saturated heterocycles. The highest BCUT2D eigenvalue weighted by Crippen LogP contribution is 2.25. The molecule has 6 nitrogen and oxygen atoms in total. The van der Waals surface area contributed by atoms with Gasteiger partial charge in [-0.25, -0.2) is 17.5 Å². The fourth-order valence-corrected chi connectivity index (χ4v) is 4.46. The van der Waals surface area contributed by atoms with Crippen LogP contribution >= 0.6 is 22.9 Å². The first kappa shape index (κ1) is 17.0. The molecule has 3 aromatic rings. The number of hydrogen-bond donors (Lipinski definition) is 1. The van der Waals surface area contributed by atoms with Gasteiger partial charge < -0.3 is 4.42 Å². The first-order valence-corrected chi connectivity index (χ1v) is 9.46. The minimum Gasteiger partial charge on any atom is -0.421 e. The number of nitrogens with zero attached hydrogens (tertiary/aromatic N) is 2. The molecule has 0 aliphatic heterocycles. The quantitative estimate of drug-likeness (QED) is 0.702. The van der Waals surface area contributed by atoms with Crippen LogP contribution in [0.15, 0.2) is 45.0 Å². The van der Waals surface area contributed by atoms with Crippen molar-refractivity contribution < 1.29 is 17.2 Å². The van der Waals surface area contributed by atoms with Crippen LogP contribution in [0.2, 0.25) is 4.34 Å². The van der Waals surface area contributed by atoms with Crippen molar-refractivity contribution in [1.29, 1.82) is 0 Å². The standard InChI is InChI=1S/C14H11ClFN3O3S2/c15-11-5-6-13(23-11)24(20,21)17-8-7-12-18-19-14(22-12)9-3-1-2-4-10(9)16/h1-6,17H,7-8H2.